The lowest BCUT2D eigenvalue weighted by atomic mass is 10.2. The van der Waals surface area contributed by atoms with Crippen LogP contribution in [-0.2, 0) is 10.0 Å². The third kappa shape index (κ3) is 4.25. The number of aromatic nitrogens is 1. The SMILES string of the molecule is Cc1ccncc1NC(=O)NC1(Oc2cccc(S(N)(=O)=O)c2)CC1. The van der Waals surface area contributed by atoms with Crippen molar-refractivity contribution in [3.63, 3.8) is 0 Å². The van der Waals surface area contributed by atoms with Crippen LogP contribution in [0.2, 0.25) is 0 Å². The quantitative estimate of drug-likeness (QED) is 0.699. The lowest BCUT2D eigenvalue weighted by Gasteiger charge is -2.20. The maximum Gasteiger partial charge on any atom is 0.322 e. The van der Waals surface area contributed by atoms with E-state index in [0.29, 0.717) is 24.3 Å². The zero-order valence-electron chi connectivity index (χ0n) is 13.5. The molecule has 1 aromatic carbocycles. The molecule has 2 aromatic rings. The number of amides is 2. The van der Waals surface area contributed by atoms with E-state index < -0.39 is 21.8 Å². The summed E-state index contributed by atoms with van der Waals surface area (Å²) in [6, 6.07) is 7.23. The Morgan fingerprint density at radius 1 is 1.32 bits per heavy atom. The van der Waals surface area contributed by atoms with Crippen LogP contribution in [0.4, 0.5) is 10.5 Å². The van der Waals surface area contributed by atoms with Gasteiger partial charge in [0.15, 0.2) is 5.72 Å². The van der Waals surface area contributed by atoms with Crippen LogP contribution < -0.4 is 20.5 Å². The van der Waals surface area contributed by atoms with Gasteiger partial charge in [-0.15, -0.1) is 0 Å². The number of sulfonamides is 1. The third-order valence-corrected chi connectivity index (χ3v) is 4.69. The molecule has 4 N–H and O–H groups in total. The number of nitrogens with one attached hydrogen (secondary N) is 2. The van der Waals surface area contributed by atoms with Crippen LogP contribution in [0.1, 0.15) is 18.4 Å². The van der Waals surface area contributed by atoms with Crippen molar-refractivity contribution in [3.8, 4) is 5.75 Å². The zero-order valence-corrected chi connectivity index (χ0v) is 14.3. The minimum absolute atomic E-state index is 0.0452. The molecule has 1 aliphatic carbocycles. The Balaban J connectivity index is 1.67. The van der Waals surface area contributed by atoms with E-state index in [-0.39, 0.29) is 4.90 Å². The molecule has 0 saturated heterocycles. The van der Waals surface area contributed by atoms with E-state index in [1.165, 1.54) is 18.2 Å². The third-order valence-electron chi connectivity index (χ3n) is 3.78. The van der Waals surface area contributed by atoms with Gasteiger partial charge in [0, 0.05) is 25.1 Å². The number of pyridine rings is 1. The van der Waals surface area contributed by atoms with E-state index in [9.17, 15) is 13.2 Å². The fourth-order valence-corrected chi connectivity index (χ4v) is 2.81. The first-order valence-electron chi connectivity index (χ1n) is 7.59. The van der Waals surface area contributed by atoms with Crippen molar-refractivity contribution in [1.82, 2.24) is 10.3 Å². The fraction of sp³-hybridized carbons (Fsp3) is 0.250. The first kappa shape index (κ1) is 17.2. The first-order valence-corrected chi connectivity index (χ1v) is 9.14. The number of rotatable bonds is 5. The van der Waals surface area contributed by atoms with Gasteiger partial charge in [-0.3, -0.25) is 10.3 Å². The van der Waals surface area contributed by atoms with Crippen LogP contribution in [0.25, 0.3) is 0 Å². The van der Waals surface area contributed by atoms with Gasteiger partial charge in [-0.2, -0.15) is 0 Å². The second kappa shape index (κ2) is 6.34. The molecule has 1 saturated carbocycles. The summed E-state index contributed by atoms with van der Waals surface area (Å²) in [6.45, 7) is 1.86. The van der Waals surface area contributed by atoms with E-state index in [4.69, 9.17) is 9.88 Å². The van der Waals surface area contributed by atoms with E-state index in [1.807, 2.05) is 6.92 Å². The standard InChI is InChI=1S/C16H18N4O4S/c1-11-5-8-18-10-14(11)19-15(21)20-16(6-7-16)24-12-3-2-4-13(9-12)25(17,22)23/h2-5,8-10H,6-7H2,1H3,(H2,17,22,23)(H2,19,20,21). The Labute approximate surface area is 145 Å². The van der Waals surface area contributed by atoms with Crippen molar-refractivity contribution in [2.75, 3.05) is 5.32 Å². The van der Waals surface area contributed by atoms with Crippen LogP contribution in [0.3, 0.4) is 0 Å². The Morgan fingerprint density at radius 2 is 2.08 bits per heavy atom. The molecule has 9 heteroatoms. The molecule has 0 unspecified atom stereocenters. The summed E-state index contributed by atoms with van der Waals surface area (Å²) < 4.78 is 28.6. The largest absolute Gasteiger partial charge is 0.468 e. The molecule has 0 spiro atoms. The predicted octanol–water partition coefficient (Wildman–Crippen LogP) is 1.73. The first-order chi connectivity index (χ1) is 11.8. The van der Waals surface area contributed by atoms with E-state index >= 15 is 0 Å². The van der Waals surface area contributed by atoms with Crippen LogP contribution in [-0.4, -0.2) is 25.2 Å². The van der Waals surface area contributed by atoms with Crippen molar-refractivity contribution in [2.45, 2.75) is 30.4 Å². The van der Waals surface area contributed by atoms with Gasteiger partial charge in [-0.05, 0) is 30.7 Å². The molecular weight excluding hydrogens is 344 g/mol. The number of ether oxygens (including phenoxy) is 1. The summed E-state index contributed by atoms with van der Waals surface area (Å²) in [6.07, 6.45) is 4.44. The number of nitrogens with two attached hydrogens (primary N) is 1. The molecule has 0 aliphatic heterocycles. The minimum Gasteiger partial charge on any atom is -0.468 e. The molecule has 2 amide bonds. The minimum atomic E-state index is -3.82. The lowest BCUT2D eigenvalue weighted by molar-refractivity contribution is 0.147. The lowest BCUT2D eigenvalue weighted by Crippen LogP contribution is -2.43. The Kier molecular flexibility index (Phi) is 4.36. The monoisotopic (exact) mass is 362 g/mol. The van der Waals surface area contributed by atoms with Gasteiger partial charge in [-0.25, -0.2) is 18.4 Å². The Hall–Kier alpha value is -2.65. The fourth-order valence-electron chi connectivity index (χ4n) is 2.26. The molecule has 25 heavy (non-hydrogen) atoms. The van der Waals surface area contributed by atoms with Gasteiger partial charge in [-0.1, -0.05) is 6.07 Å². The molecule has 1 fully saturated rings. The summed E-state index contributed by atoms with van der Waals surface area (Å²) >= 11 is 0. The maximum absolute atomic E-state index is 12.2. The number of aryl methyl sites for hydroxylation is 1. The number of benzene rings is 1. The van der Waals surface area contributed by atoms with Crippen molar-refractivity contribution in [1.29, 1.82) is 0 Å². The van der Waals surface area contributed by atoms with Gasteiger partial charge in [0.1, 0.15) is 5.75 Å². The summed E-state index contributed by atoms with van der Waals surface area (Å²) in [5, 5.41) is 10.6. The smallest absolute Gasteiger partial charge is 0.322 e. The zero-order chi connectivity index (χ0) is 18.1. The maximum atomic E-state index is 12.2. The number of carbonyl (C=O) groups is 1. The van der Waals surface area contributed by atoms with Crippen LogP contribution in [0.15, 0.2) is 47.6 Å². The van der Waals surface area contributed by atoms with Crippen LogP contribution in [0.5, 0.6) is 5.75 Å². The molecule has 132 valence electrons. The van der Waals surface area contributed by atoms with Crippen molar-refractivity contribution in [2.24, 2.45) is 5.14 Å². The summed E-state index contributed by atoms with van der Waals surface area (Å²) in [4.78, 5) is 16.1. The van der Waals surface area contributed by atoms with E-state index in [0.717, 1.165) is 5.56 Å². The second-order valence-corrected chi connectivity index (χ2v) is 7.45. The average Bonchev–Trinajstić information content (AvgIpc) is 3.28. The Bertz CT molecular complexity index is 910. The van der Waals surface area contributed by atoms with Crippen molar-refractivity contribution >= 4 is 21.7 Å². The number of carbonyl (C=O) groups excluding carboxylic acids is 1. The molecule has 0 radical (unpaired) electrons. The molecule has 0 bridgehead atoms. The van der Waals surface area contributed by atoms with E-state index in [1.54, 1.807) is 24.5 Å². The van der Waals surface area contributed by atoms with Gasteiger partial charge in [0.05, 0.1) is 16.8 Å². The summed E-state index contributed by atoms with van der Waals surface area (Å²) in [5.41, 5.74) is 0.640. The predicted molar refractivity (Wildman–Crippen MR) is 91.5 cm³/mol. The topological polar surface area (TPSA) is 123 Å². The van der Waals surface area contributed by atoms with Crippen molar-refractivity contribution < 1.29 is 17.9 Å². The molecule has 1 aromatic heterocycles. The number of hydrogen-bond donors (Lipinski definition) is 3. The molecule has 8 nitrogen and oxygen atoms in total. The highest BCUT2D eigenvalue weighted by atomic mass is 32.2. The number of urea groups is 1. The van der Waals surface area contributed by atoms with Gasteiger partial charge in [0.25, 0.3) is 0 Å². The molecular formula is C16H18N4O4S. The molecule has 0 atom stereocenters. The highest BCUT2D eigenvalue weighted by Gasteiger charge is 2.47. The molecule has 1 aliphatic rings. The van der Waals surface area contributed by atoms with Crippen molar-refractivity contribution in [3.05, 3.63) is 48.3 Å². The van der Waals surface area contributed by atoms with E-state index in [2.05, 4.69) is 15.6 Å². The van der Waals surface area contributed by atoms with Crippen LogP contribution >= 0.6 is 0 Å². The highest BCUT2D eigenvalue weighted by Crippen LogP contribution is 2.38. The molecule has 1 heterocycles. The van der Waals surface area contributed by atoms with Crippen LogP contribution in [0, 0.1) is 6.92 Å². The molecule has 3 rings (SSSR count). The normalized spacial score (nSPS) is 15.3. The van der Waals surface area contributed by atoms with Gasteiger partial charge in [0.2, 0.25) is 10.0 Å². The average molecular weight is 362 g/mol. The number of anilines is 1. The summed E-state index contributed by atoms with van der Waals surface area (Å²) in [7, 11) is -3.82. The highest BCUT2D eigenvalue weighted by molar-refractivity contribution is 7.89. The second-order valence-electron chi connectivity index (χ2n) is 5.89. The number of primary sulfonamides is 1. The summed E-state index contributed by atoms with van der Waals surface area (Å²) in [5.74, 6) is 0.321. The van der Waals surface area contributed by atoms with Gasteiger partial charge >= 0.3 is 6.03 Å². The number of hydrogen-bond acceptors (Lipinski definition) is 5. The Morgan fingerprint density at radius 3 is 2.72 bits per heavy atom. The van der Waals surface area contributed by atoms with Gasteiger partial charge < -0.3 is 10.1 Å². The number of nitrogens with zero attached hydrogens (tertiary/aromatic N) is 1.